The summed E-state index contributed by atoms with van der Waals surface area (Å²) < 4.78 is 6.05. The van der Waals surface area contributed by atoms with Gasteiger partial charge in [-0.1, -0.05) is 48.0 Å². The molecule has 2 aromatic carbocycles. The lowest BCUT2D eigenvalue weighted by molar-refractivity contribution is 0.303. The second kappa shape index (κ2) is 8.54. The molecule has 0 atom stereocenters. The first-order valence-electron chi connectivity index (χ1n) is 8.37. The molecular weight excluding hydrogens is 332 g/mol. The van der Waals surface area contributed by atoms with Crippen LogP contribution in [-0.2, 0) is 13.2 Å². The summed E-state index contributed by atoms with van der Waals surface area (Å²) in [6, 6.07) is 21.8. The molecule has 0 saturated heterocycles. The van der Waals surface area contributed by atoms with Gasteiger partial charge in [0, 0.05) is 29.9 Å². The zero-order valence-electron chi connectivity index (χ0n) is 14.2. The van der Waals surface area contributed by atoms with Crippen molar-refractivity contribution in [1.29, 1.82) is 0 Å². The average molecular weight is 353 g/mol. The number of hydrogen-bond donors (Lipinski definition) is 0. The molecule has 0 fully saturated rings. The Labute approximate surface area is 153 Å². The van der Waals surface area contributed by atoms with Crippen LogP contribution >= 0.6 is 11.6 Å². The van der Waals surface area contributed by atoms with Crippen molar-refractivity contribution in [3.8, 4) is 5.75 Å². The summed E-state index contributed by atoms with van der Waals surface area (Å²) in [7, 11) is 0. The van der Waals surface area contributed by atoms with Crippen molar-refractivity contribution in [3.05, 3.63) is 89.1 Å². The molecule has 1 heterocycles. The van der Waals surface area contributed by atoms with E-state index in [0.29, 0.717) is 18.2 Å². The van der Waals surface area contributed by atoms with Crippen molar-refractivity contribution >= 4 is 17.4 Å². The second-order valence-electron chi connectivity index (χ2n) is 5.73. The van der Waals surface area contributed by atoms with Crippen LogP contribution in [0.15, 0.2) is 72.9 Å². The van der Waals surface area contributed by atoms with Gasteiger partial charge >= 0.3 is 0 Å². The third-order valence-electron chi connectivity index (χ3n) is 3.98. The van der Waals surface area contributed by atoms with Gasteiger partial charge in [0.2, 0.25) is 0 Å². The molecular formula is C21H21ClN2O. The van der Waals surface area contributed by atoms with Crippen molar-refractivity contribution in [2.75, 3.05) is 11.4 Å². The van der Waals surface area contributed by atoms with Gasteiger partial charge in [0.1, 0.15) is 18.2 Å². The number of nitrogens with zero attached hydrogens (tertiary/aromatic N) is 2. The lowest BCUT2D eigenvalue weighted by Gasteiger charge is -2.23. The summed E-state index contributed by atoms with van der Waals surface area (Å²) in [6.07, 6.45) is 1.81. The summed E-state index contributed by atoms with van der Waals surface area (Å²) in [5.41, 5.74) is 2.19. The van der Waals surface area contributed by atoms with Gasteiger partial charge in [0.25, 0.3) is 0 Å². The van der Waals surface area contributed by atoms with Crippen LogP contribution in [0.5, 0.6) is 5.75 Å². The number of rotatable bonds is 7. The highest BCUT2D eigenvalue weighted by atomic mass is 35.5. The van der Waals surface area contributed by atoms with E-state index in [1.54, 1.807) is 0 Å². The molecule has 128 valence electrons. The molecule has 0 bridgehead atoms. The minimum atomic E-state index is 0.533. The monoisotopic (exact) mass is 352 g/mol. The predicted molar refractivity (Wildman–Crippen MR) is 103 cm³/mol. The van der Waals surface area contributed by atoms with Crippen LogP contribution in [0.4, 0.5) is 5.82 Å². The summed E-state index contributed by atoms with van der Waals surface area (Å²) in [6.45, 7) is 4.19. The minimum Gasteiger partial charge on any atom is -0.489 e. The fraction of sp³-hybridized carbons (Fsp3) is 0.190. The van der Waals surface area contributed by atoms with Gasteiger partial charge in [-0.2, -0.15) is 0 Å². The van der Waals surface area contributed by atoms with E-state index < -0.39 is 0 Å². The molecule has 3 rings (SSSR count). The molecule has 0 saturated carbocycles. The molecule has 0 spiro atoms. The maximum Gasteiger partial charge on any atom is 0.128 e. The smallest absolute Gasteiger partial charge is 0.128 e. The van der Waals surface area contributed by atoms with Crippen molar-refractivity contribution in [2.24, 2.45) is 0 Å². The van der Waals surface area contributed by atoms with E-state index in [9.17, 15) is 0 Å². The lowest BCUT2D eigenvalue weighted by Crippen LogP contribution is -2.23. The molecule has 3 aromatic rings. The van der Waals surface area contributed by atoms with Crippen LogP contribution in [0.2, 0.25) is 5.02 Å². The van der Waals surface area contributed by atoms with Gasteiger partial charge in [-0.25, -0.2) is 4.98 Å². The van der Waals surface area contributed by atoms with E-state index in [-0.39, 0.29) is 0 Å². The number of anilines is 1. The number of hydrogen-bond acceptors (Lipinski definition) is 3. The van der Waals surface area contributed by atoms with Crippen molar-refractivity contribution < 1.29 is 4.74 Å². The lowest BCUT2D eigenvalue weighted by atomic mass is 10.1. The highest BCUT2D eigenvalue weighted by molar-refractivity contribution is 6.30. The normalized spacial score (nSPS) is 10.5. The van der Waals surface area contributed by atoms with E-state index >= 15 is 0 Å². The van der Waals surface area contributed by atoms with Crippen LogP contribution in [0, 0.1) is 0 Å². The maximum absolute atomic E-state index is 6.22. The topological polar surface area (TPSA) is 25.4 Å². The highest BCUT2D eigenvalue weighted by Crippen LogP contribution is 2.26. The molecule has 0 unspecified atom stereocenters. The standard InChI is InChI=1S/C21H21ClN2O/c1-2-24(21-10-6-7-13-23-21)15-18-14-19(22)11-12-20(18)25-16-17-8-4-3-5-9-17/h3-14H,2,15-16H2,1H3. The molecule has 0 aliphatic heterocycles. The van der Waals surface area contributed by atoms with E-state index in [1.165, 1.54) is 0 Å². The molecule has 1 aromatic heterocycles. The SMILES string of the molecule is CCN(Cc1cc(Cl)ccc1OCc1ccccc1)c1ccccn1. The fourth-order valence-electron chi connectivity index (χ4n) is 2.65. The third-order valence-corrected chi connectivity index (χ3v) is 4.21. The van der Waals surface area contributed by atoms with Gasteiger partial charge in [-0.3, -0.25) is 0 Å². The second-order valence-corrected chi connectivity index (χ2v) is 6.16. The van der Waals surface area contributed by atoms with Crippen LogP contribution in [0.25, 0.3) is 0 Å². The molecule has 0 amide bonds. The number of benzene rings is 2. The van der Waals surface area contributed by atoms with Crippen molar-refractivity contribution in [3.63, 3.8) is 0 Å². The van der Waals surface area contributed by atoms with E-state index in [4.69, 9.17) is 16.3 Å². The first-order valence-corrected chi connectivity index (χ1v) is 8.75. The number of ether oxygens (including phenoxy) is 1. The molecule has 3 nitrogen and oxygen atoms in total. The fourth-order valence-corrected chi connectivity index (χ4v) is 2.84. The van der Waals surface area contributed by atoms with E-state index in [2.05, 4.69) is 28.9 Å². The predicted octanol–water partition coefficient (Wildman–Crippen LogP) is 5.34. The molecule has 0 aliphatic carbocycles. The van der Waals surface area contributed by atoms with Crippen LogP contribution < -0.4 is 9.64 Å². The number of pyridine rings is 1. The Bertz CT molecular complexity index is 794. The van der Waals surface area contributed by atoms with Gasteiger partial charge in [-0.15, -0.1) is 0 Å². The third kappa shape index (κ3) is 4.74. The number of halogens is 1. The molecule has 25 heavy (non-hydrogen) atoms. The Morgan fingerprint density at radius 2 is 1.80 bits per heavy atom. The Kier molecular flexibility index (Phi) is 5.91. The Morgan fingerprint density at radius 1 is 1.00 bits per heavy atom. The first kappa shape index (κ1) is 17.3. The van der Waals surface area contributed by atoms with Gasteiger partial charge in [-0.05, 0) is 42.8 Å². The van der Waals surface area contributed by atoms with Crippen LogP contribution in [0.1, 0.15) is 18.1 Å². The van der Waals surface area contributed by atoms with Crippen LogP contribution in [0.3, 0.4) is 0 Å². The molecule has 4 heteroatoms. The van der Waals surface area contributed by atoms with Crippen molar-refractivity contribution in [1.82, 2.24) is 4.98 Å². The Hall–Kier alpha value is -2.52. The Balaban J connectivity index is 1.79. The van der Waals surface area contributed by atoms with Gasteiger partial charge in [0.15, 0.2) is 0 Å². The summed E-state index contributed by atoms with van der Waals surface area (Å²) in [5.74, 6) is 1.79. The number of aromatic nitrogens is 1. The molecule has 0 N–H and O–H groups in total. The van der Waals surface area contributed by atoms with E-state index in [0.717, 1.165) is 29.2 Å². The summed E-state index contributed by atoms with van der Waals surface area (Å²) >= 11 is 6.22. The van der Waals surface area contributed by atoms with E-state index in [1.807, 2.05) is 60.8 Å². The largest absolute Gasteiger partial charge is 0.489 e. The molecule has 0 aliphatic rings. The first-order chi connectivity index (χ1) is 12.3. The van der Waals surface area contributed by atoms with Gasteiger partial charge in [0.05, 0.1) is 0 Å². The zero-order valence-corrected chi connectivity index (χ0v) is 15.0. The van der Waals surface area contributed by atoms with Crippen molar-refractivity contribution in [2.45, 2.75) is 20.1 Å². The average Bonchev–Trinajstić information content (AvgIpc) is 2.67. The zero-order chi connectivity index (χ0) is 17.5. The quantitative estimate of drug-likeness (QED) is 0.573. The Morgan fingerprint density at radius 3 is 2.52 bits per heavy atom. The highest BCUT2D eigenvalue weighted by Gasteiger charge is 2.11. The summed E-state index contributed by atoms with van der Waals surface area (Å²) in [5, 5.41) is 0.708. The summed E-state index contributed by atoms with van der Waals surface area (Å²) in [4.78, 5) is 6.64. The maximum atomic E-state index is 6.22. The van der Waals surface area contributed by atoms with Gasteiger partial charge < -0.3 is 9.64 Å². The van der Waals surface area contributed by atoms with Crippen LogP contribution in [-0.4, -0.2) is 11.5 Å². The minimum absolute atomic E-state index is 0.533. The molecule has 0 radical (unpaired) electrons.